The van der Waals surface area contributed by atoms with Crippen molar-refractivity contribution in [1.82, 2.24) is 29.9 Å². The van der Waals surface area contributed by atoms with Crippen LogP contribution >= 0.6 is 23.2 Å². The van der Waals surface area contributed by atoms with E-state index in [0.717, 1.165) is 49.3 Å². The Morgan fingerprint density at radius 1 is 1.06 bits per heavy atom. The van der Waals surface area contributed by atoms with Gasteiger partial charge in [0.15, 0.2) is 11.0 Å². The van der Waals surface area contributed by atoms with Crippen LogP contribution in [0.1, 0.15) is 60.9 Å². The van der Waals surface area contributed by atoms with E-state index in [4.69, 9.17) is 28.2 Å². The van der Waals surface area contributed by atoms with Crippen molar-refractivity contribution in [2.75, 3.05) is 11.0 Å². The van der Waals surface area contributed by atoms with Gasteiger partial charge in [-0.1, -0.05) is 35.2 Å². The van der Waals surface area contributed by atoms with Crippen LogP contribution < -0.4 is 10.0 Å². The minimum Gasteiger partial charge on any atom is -0.378 e. The van der Waals surface area contributed by atoms with Gasteiger partial charge in [-0.2, -0.15) is 10.2 Å². The maximum absolute atomic E-state index is 14.5. The summed E-state index contributed by atoms with van der Waals surface area (Å²) in [4.78, 5) is 18.8. The molecular weight excluding hydrogens is 735 g/mol. The van der Waals surface area contributed by atoms with Crippen LogP contribution in [0.2, 0.25) is 10.2 Å². The van der Waals surface area contributed by atoms with Gasteiger partial charge in [-0.3, -0.25) is 18.9 Å². The smallest absolute Gasteiger partial charge is 0.242 e. The number of carbonyl (C=O) groups is 1. The Bertz CT molecular complexity index is 2370. The zero-order valence-electron chi connectivity index (χ0n) is 28.7. The van der Waals surface area contributed by atoms with Crippen LogP contribution in [0.4, 0.5) is 14.6 Å². The Morgan fingerprint density at radius 3 is 2.44 bits per heavy atom. The highest BCUT2D eigenvalue weighted by molar-refractivity contribution is 7.92. The molecule has 52 heavy (non-hydrogen) atoms. The molecule has 5 aromatic rings. The molecular formula is C36H35Cl2F2N7O4S. The number of nitrogens with one attached hydrogen (secondary N) is 2. The SMILES string of the molecule is Cn1nc(NS(C)(=O)=O)c2c(Cl)ccc(-c3ccc(C#CC(C)(C)O)nc3[C@H](Cc3cc(F)cc(F)c3)NC(=O)Cn3nc(Cl)c4c3CCCC4)c21. The summed E-state index contributed by atoms with van der Waals surface area (Å²) in [7, 11) is -2.12. The van der Waals surface area contributed by atoms with E-state index in [-0.39, 0.29) is 40.8 Å². The number of aromatic nitrogens is 5. The van der Waals surface area contributed by atoms with E-state index in [1.54, 1.807) is 36.0 Å². The van der Waals surface area contributed by atoms with Crippen LogP contribution in [-0.2, 0) is 47.7 Å². The lowest BCUT2D eigenvalue weighted by Crippen LogP contribution is -2.34. The van der Waals surface area contributed by atoms with Gasteiger partial charge >= 0.3 is 0 Å². The monoisotopic (exact) mass is 769 g/mol. The van der Waals surface area contributed by atoms with Crippen molar-refractivity contribution in [3.63, 3.8) is 0 Å². The Morgan fingerprint density at radius 2 is 1.75 bits per heavy atom. The van der Waals surface area contributed by atoms with E-state index in [9.17, 15) is 27.1 Å². The van der Waals surface area contributed by atoms with E-state index in [1.165, 1.54) is 30.7 Å². The number of fused-ring (bicyclic) bond motifs is 2. The second-order valence-corrected chi connectivity index (χ2v) is 15.8. The molecule has 3 heterocycles. The van der Waals surface area contributed by atoms with Gasteiger partial charge in [-0.05, 0) is 87.8 Å². The van der Waals surface area contributed by atoms with Crippen LogP contribution in [0, 0.1) is 23.5 Å². The quantitative estimate of drug-likeness (QED) is 0.159. The fraction of sp³-hybridized carbons (Fsp3) is 0.333. The minimum absolute atomic E-state index is 0.00956. The van der Waals surface area contributed by atoms with Crippen molar-refractivity contribution in [3.05, 3.63) is 92.5 Å². The molecule has 2 aromatic carbocycles. The van der Waals surface area contributed by atoms with Crippen LogP contribution in [0.25, 0.3) is 22.0 Å². The third-order valence-electron chi connectivity index (χ3n) is 8.46. The standard InChI is InChI=1S/C36H35Cl2F2N7O4S/c1-36(2,49)14-13-23-9-10-24(25-11-12-27(37)31-33(25)46(3)44-35(31)45-52(4,50)51)32(41-23)28(17-20-15-21(39)18-22(40)16-20)42-30(48)19-47-29-8-6-5-7-26(29)34(38)43-47/h9-12,15-16,18,28,49H,5-8,17,19H2,1-4H3,(H,42,48)(H,44,45)/t28-/m0/s1. The number of hydrogen-bond donors (Lipinski definition) is 3. The molecule has 0 bridgehead atoms. The molecule has 0 radical (unpaired) electrons. The largest absolute Gasteiger partial charge is 0.378 e. The summed E-state index contributed by atoms with van der Waals surface area (Å²) in [6, 6.07) is 8.74. The van der Waals surface area contributed by atoms with Gasteiger partial charge in [-0.15, -0.1) is 0 Å². The van der Waals surface area contributed by atoms with Gasteiger partial charge in [0.25, 0.3) is 0 Å². The summed E-state index contributed by atoms with van der Waals surface area (Å²) >= 11 is 13.1. The van der Waals surface area contributed by atoms with Crippen molar-refractivity contribution in [2.24, 2.45) is 7.05 Å². The third kappa shape index (κ3) is 8.39. The number of pyridine rings is 1. The van der Waals surface area contributed by atoms with Gasteiger partial charge in [0.1, 0.15) is 29.5 Å². The molecule has 1 aliphatic rings. The average molecular weight is 771 g/mol. The second-order valence-electron chi connectivity index (χ2n) is 13.3. The fourth-order valence-corrected chi connectivity index (χ4v) is 7.44. The lowest BCUT2D eigenvalue weighted by molar-refractivity contribution is -0.122. The number of carbonyl (C=O) groups excluding carboxylic acids is 1. The average Bonchev–Trinajstić information content (AvgIpc) is 3.54. The topological polar surface area (TPSA) is 144 Å². The van der Waals surface area contributed by atoms with Crippen molar-refractivity contribution in [1.29, 1.82) is 0 Å². The zero-order chi connectivity index (χ0) is 37.5. The molecule has 0 unspecified atom stereocenters. The number of anilines is 1. The zero-order valence-corrected chi connectivity index (χ0v) is 31.0. The lowest BCUT2D eigenvalue weighted by atomic mass is 9.93. The van der Waals surface area contributed by atoms with Crippen LogP contribution in [-0.4, -0.2) is 55.8 Å². The van der Waals surface area contributed by atoms with Gasteiger partial charge in [-0.25, -0.2) is 22.2 Å². The maximum atomic E-state index is 14.5. The Hall–Kier alpha value is -4.55. The Labute approximate surface area is 309 Å². The van der Waals surface area contributed by atoms with E-state index in [1.807, 2.05) is 0 Å². The number of amides is 1. The normalized spacial score (nSPS) is 13.7. The molecule has 1 aliphatic carbocycles. The summed E-state index contributed by atoms with van der Waals surface area (Å²) in [5, 5.41) is 23.0. The number of nitrogens with zero attached hydrogens (tertiary/aromatic N) is 5. The molecule has 16 heteroatoms. The second kappa shape index (κ2) is 14.5. The van der Waals surface area contributed by atoms with E-state index in [2.05, 4.69) is 32.1 Å². The van der Waals surface area contributed by atoms with Gasteiger partial charge in [0, 0.05) is 35.5 Å². The van der Waals surface area contributed by atoms with Gasteiger partial charge in [0.2, 0.25) is 15.9 Å². The predicted octanol–water partition coefficient (Wildman–Crippen LogP) is 5.89. The number of sulfonamides is 1. The molecule has 0 spiro atoms. The summed E-state index contributed by atoms with van der Waals surface area (Å²) in [6.45, 7) is 2.86. The minimum atomic E-state index is -3.74. The summed E-state index contributed by atoms with van der Waals surface area (Å²) in [5.41, 5.74) is 2.62. The maximum Gasteiger partial charge on any atom is 0.242 e. The van der Waals surface area contributed by atoms with Gasteiger partial charge < -0.3 is 10.4 Å². The van der Waals surface area contributed by atoms with E-state index in [0.29, 0.717) is 27.2 Å². The van der Waals surface area contributed by atoms with E-state index < -0.39 is 39.2 Å². The molecule has 1 amide bonds. The molecule has 1 atom stereocenters. The summed E-state index contributed by atoms with van der Waals surface area (Å²) in [6.07, 6.45) is 4.29. The summed E-state index contributed by atoms with van der Waals surface area (Å²) < 4.78 is 58.9. The molecule has 0 fully saturated rings. The molecule has 3 aromatic heterocycles. The first kappa shape index (κ1) is 37.2. The molecule has 11 nitrogen and oxygen atoms in total. The van der Waals surface area contributed by atoms with Crippen LogP contribution in [0.5, 0.6) is 0 Å². The molecule has 3 N–H and O–H groups in total. The molecule has 272 valence electrons. The molecule has 0 saturated carbocycles. The first-order valence-electron chi connectivity index (χ1n) is 16.3. The highest BCUT2D eigenvalue weighted by atomic mass is 35.5. The lowest BCUT2D eigenvalue weighted by Gasteiger charge is -2.23. The molecule has 6 rings (SSSR count). The first-order chi connectivity index (χ1) is 24.5. The highest BCUT2D eigenvalue weighted by Gasteiger charge is 2.27. The number of aryl methyl sites for hydroxylation is 1. The van der Waals surface area contributed by atoms with Crippen molar-refractivity contribution in [3.8, 4) is 23.0 Å². The van der Waals surface area contributed by atoms with Crippen LogP contribution in [0.15, 0.2) is 42.5 Å². The fourth-order valence-electron chi connectivity index (χ4n) is 6.41. The number of aliphatic hydroxyl groups is 1. The third-order valence-corrected chi connectivity index (χ3v) is 9.64. The highest BCUT2D eigenvalue weighted by Crippen LogP contribution is 2.40. The van der Waals surface area contributed by atoms with Crippen molar-refractivity contribution < 1.29 is 27.1 Å². The molecule has 0 saturated heterocycles. The van der Waals surface area contributed by atoms with Gasteiger partial charge in [0.05, 0.1) is 33.9 Å². The predicted molar refractivity (Wildman–Crippen MR) is 195 cm³/mol. The Balaban J connectivity index is 1.53. The molecule has 0 aliphatic heterocycles. The first-order valence-corrected chi connectivity index (χ1v) is 19.0. The Kier molecular flexibility index (Phi) is 10.4. The number of benzene rings is 2. The van der Waals surface area contributed by atoms with Crippen LogP contribution in [0.3, 0.4) is 0 Å². The number of rotatable bonds is 9. The van der Waals surface area contributed by atoms with E-state index >= 15 is 0 Å². The van der Waals surface area contributed by atoms with Crippen molar-refractivity contribution >= 4 is 55.9 Å². The number of hydrogen-bond acceptors (Lipinski definition) is 7. The van der Waals surface area contributed by atoms with Crippen molar-refractivity contribution in [2.45, 2.75) is 64.1 Å². The number of halogens is 4. The summed E-state index contributed by atoms with van der Waals surface area (Å²) in [5.74, 6) is 3.57.